The molecule has 2 aromatic carbocycles. The highest BCUT2D eigenvalue weighted by molar-refractivity contribution is 5.94. The Hall–Kier alpha value is -4.09. The highest BCUT2D eigenvalue weighted by atomic mass is 16.5. The van der Waals surface area contributed by atoms with E-state index in [2.05, 4.69) is 12.1 Å². The van der Waals surface area contributed by atoms with Gasteiger partial charge in [-0.25, -0.2) is 4.79 Å². The maximum absolute atomic E-state index is 12.4. The molecular formula is C25H21N3O2. The lowest BCUT2D eigenvalue weighted by Crippen LogP contribution is -2.11. The van der Waals surface area contributed by atoms with Crippen LogP contribution in [0.2, 0.25) is 0 Å². The SMILES string of the molecule is CCOC(=O)c1ccccc1-n1c(C)cc(C=C(C#N)c2cccc(C#N)c2)c1C. The van der Waals surface area contributed by atoms with E-state index in [-0.39, 0.29) is 5.97 Å². The number of allylic oxidation sites excluding steroid dienone is 1. The van der Waals surface area contributed by atoms with E-state index in [0.717, 1.165) is 22.6 Å². The minimum atomic E-state index is -0.372. The molecule has 1 heterocycles. The minimum Gasteiger partial charge on any atom is -0.462 e. The van der Waals surface area contributed by atoms with Gasteiger partial charge in [-0.15, -0.1) is 0 Å². The van der Waals surface area contributed by atoms with Crippen molar-refractivity contribution in [3.8, 4) is 17.8 Å². The molecular weight excluding hydrogens is 374 g/mol. The zero-order chi connectivity index (χ0) is 21.7. The molecule has 3 aromatic rings. The quantitative estimate of drug-likeness (QED) is 0.439. The molecule has 30 heavy (non-hydrogen) atoms. The average molecular weight is 395 g/mol. The van der Waals surface area contributed by atoms with Gasteiger partial charge in [-0.2, -0.15) is 10.5 Å². The van der Waals surface area contributed by atoms with Crippen LogP contribution in [-0.4, -0.2) is 17.1 Å². The summed E-state index contributed by atoms with van der Waals surface area (Å²) in [6.07, 6.45) is 1.81. The Morgan fingerprint density at radius 1 is 1.10 bits per heavy atom. The molecule has 0 saturated heterocycles. The number of aryl methyl sites for hydroxylation is 1. The van der Waals surface area contributed by atoms with Gasteiger partial charge in [0.15, 0.2) is 0 Å². The molecule has 5 heteroatoms. The third-order valence-corrected chi connectivity index (χ3v) is 4.83. The molecule has 148 valence electrons. The molecule has 0 amide bonds. The van der Waals surface area contributed by atoms with E-state index < -0.39 is 0 Å². The Kier molecular flexibility index (Phi) is 6.15. The molecule has 0 bridgehead atoms. The van der Waals surface area contributed by atoms with Crippen LogP contribution in [-0.2, 0) is 4.74 Å². The van der Waals surface area contributed by atoms with Crippen molar-refractivity contribution in [3.05, 3.63) is 88.2 Å². The predicted molar refractivity (Wildman–Crippen MR) is 116 cm³/mol. The van der Waals surface area contributed by atoms with E-state index in [1.54, 1.807) is 37.3 Å². The Bertz CT molecular complexity index is 1220. The van der Waals surface area contributed by atoms with Crippen molar-refractivity contribution in [2.45, 2.75) is 20.8 Å². The summed E-state index contributed by atoms with van der Waals surface area (Å²) in [4.78, 5) is 12.4. The lowest BCUT2D eigenvalue weighted by atomic mass is 10.0. The van der Waals surface area contributed by atoms with Crippen molar-refractivity contribution in [2.75, 3.05) is 6.61 Å². The summed E-state index contributed by atoms with van der Waals surface area (Å²) in [6.45, 7) is 5.98. The van der Waals surface area contributed by atoms with Crippen molar-refractivity contribution in [3.63, 3.8) is 0 Å². The zero-order valence-electron chi connectivity index (χ0n) is 17.1. The summed E-state index contributed by atoms with van der Waals surface area (Å²) < 4.78 is 7.19. The van der Waals surface area contributed by atoms with Crippen LogP contribution in [0.5, 0.6) is 0 Å². The summed E-state index contributed by atoms with van der Waals surface area (Å²) in [5.41, 5.74) is 5.56. The summed E-state index contributed by atoms with van der Waals surface area (Å²) in [5.74, 6) is -0.372. The molecule has 3 rings (SSSR count). The van der Waals surface area contributed by atoms with Crippen molar-refractivity contribution in [2.24, 2.45) is 0 Å². The monoisotopic (exact) mass is 395 g/mol. The lowest BCUT2D eigenvalue weighted by Gasteiger charge is -2.14. The molecule has 0 aliphatic heterocycles. The lowest BCUT2D eigenvalue weighted by molar-refractivity contribution is 0.0526. The fraction of sp³-hybridized carbons (Fsp3) is 0.160. The fourth-order valence-corrected chi connectivity index (χ4v) is 3.45. The van der Waals surface area contributed by atoms with Gasteiger partial charge in [0.2, 0.25) is 0 Å². The molecule has 5 nitrogen and oxygen atoms in total. The molecule has 0 spiro atoms. The number of para-hydroxylation sites is 1. The Morgan fingerprint density at radius 2 is 1.87 bits per heavy atom. The van der Waals surface area contributed by atoms with Crippen LogP contribution in [0.15, 0.2) is 54.6 Å². The van der Waals surface area contributed by atoms with Gasteiger partial charge in [0.1, 0.15) is 0 Å². The number of nitriles is 2. The van der Waals surface area contributed by atoms with Crippen molar-refractivity contribution in [1.82, 2.24) is 4.57 Å². The third-order valence-electron chi connectivity index (χ3n) is 4.83. The summed E-state index contributed by atoms with van der Waals surface area (Å²) in [5, 5.41) is 18.8. The second-order valence-corrected chi connectivity index (χ2v) is 6.76. The van der Waals surface area contributed by atoms with Gasteiger partial charge in [0.25, 0.3) is 0 Å². The average Bonchev–Trinajstić information content (AvgIpc) is 3.04. The number of carbonyl (C=O) groups excluding carboxylic acids is 1. The number of ether oxygens (including phenoxy) is 1. The number of rotatable bonds is 5. The van der Waals surface area contributed by atoms with Gasteiger partial charge in [0.05, 0.1) is 41.1 Å². The van der Waals surface area contributed by atoms with E-state index in [1.807, 2.05) is 48.8 Å². The summed E-state index contributed by atoms with van der Waals surface area (Å²) >= 11 is 0. The number of esters is 1. The van der Waals surface area contributed by atoms with Crippen LogP contribution in [0.4, 0.5) is 0 Å². The van der Waals surface area contributed by atoms with Crippen LogP contribution in [0, 0.1) is 36.5 Å². The predicted octanol–water partition coefficient (Wildman–Crippen LogP) is 5.21. The van der Waals surface area contributed by atoms with Crippen LogP contribution in [0.3, 0.4) is 0 Å². The van der Waals surface area contributed by atoms with Gasteiger partial charge < -0.3 is 9.30 Å². The Labute approximate surface area is 176 Å². The summed E-state index contributed by atoms with van der Waals surface area (Å²) in [7, 11) is 0. The number of carbonyl (C=O) groups is 1. The molecule has 0 unspecified atom stereocenters. The van der Waals surface area contributed by atoms with Crippen LogP contribution < -0.4 is 0 Å². The fourth-order valence-electron chi connectivity index (χ4n) is 3.45. The highest BCUT2D eigenvalue weighted by Crippen LogP contribution is 2.27. The number of nitrogens with zero attached hydrogens (tertiary/aromatic N) is 3. The molecule has 0 fully saturated rings. The maximum Gasteiger partial charge on any atom is 0.340 e. The molecule has 0 aliphatic carbocycles. The standard InChI is InChI=1S/C25H21N3O2/c1-4-30-25(29)23-10-5-6-11-24(23)28-17(2)12-21(18(28)3)14-22(16-27)20-9-7-8-19(13-20)15-26/h5-14H,4H2,1-3H3. The third kappa shape index (κ3) is 4.01. The van der Waals surface area contributed by atoms with E-state index in [9.17, 15) is 10.1 Å². The molecule has 0 N–H and O–H groups in total. The van der Waals surface area contributed by atoms with E-state index in [4.69, 9.17) is 10.00 Å². The van der Waals surface area contributed by atoms with Gasteiger partial charge in [-0.1, -0.05) is 24.3 Å². The van der Waals surface area contributed by atoms with E-state index in [1.165, 1.54) is 0 Å². The van der Waals surface area contributed by atoms with Crippen LogP contribution >= 0.6 is 0 Å². The van der Waals surface area contributed by atoms with Crippen molar-refractivity contribution in [1.29, 1.82) is 10.5 Å². The van der Waals surface area contributed by atoms with Crippen LogP contribution in [0.25, 0.3) is 17.3 Å². The Morgan fingerprint density at radius 3 is 2.57 bits per heavy atom. The van der Waals surface area contributed by atoms with Crippen molar-refractivity contribution >= 4 is 17.6 Å². The molecule has 0 radical (unpaired) electrons. The highest BCUT2D eigenvalue weighted by Gasteiger charge is 2.17. The van der Waals surface area contributed by atoms with Gasteiger partial charge >= 0.3 is 5.97 Å². The first-order valence-corrected chi connectivity index (χ1v) is 9.58. The maximum atomic E-state index is 12.4. The molecule has 1 aromatic heterocycles. The van der Waals surface area contributed by atoms with E-state index >= 15 is 0 Å². The molecule has 0 saturated carbocycles. The zero-order valence-corrected chi connectivity index (χ0v) is 17.1. The van der Waals surface area contributed by atoms with E-state index in [0.29, 0.717) is 28.9 Å². The number of hydrogen-bond donors (Lipinski definition) is 0. The first-order chi connectivity index (χ1) is 14.5. The second kappa shape index (κ2) is 8.94. The van der Waals surface area contributed by atoms with Gasteiger partial charge in [0, 0.05) is 11.4 Å². The number of hydrogen-bond acceptors (Lipinski definition) is 4. The summed E-state index contributed by atoms with van der Waals surface area (Å²) in [6, 6.07) is 20.6. The van der Waals surface area contributed by atoms with Crippen molar-refractivity contribution < 1.29 is 9.53 Å². The Balaban J connectivity index is 2.12. The largest absolute Gasteiger partial charge is 0.462 e. The van der Waals surface area contributed by atoms with Gasteiger partial charge in [-0.05, 0) is 68.3 Å². The first kappa shape index (κ1) is 20.6. The van der Waals surface area contributed by atoms with Gasteiger partial charge in [-0.3, -0.25) is 0 Å². The van der Waals surface area contributed by atoms with Crippen LogP contribution in [0.1, 0.15) is 45.4 Å². The molecule has 0 atom stereocenters. The number of benzene rings is 2. The normalized spacial score (nSPS) is 10.9. The topological polar surface area (TPSA) is 78.8 Å². The minimum absolute atomic E-state index is 0.304. The molecule has 0 aliphatic rings. The first-order valence-electron chi connectivity index (χ1n) is 9.58. The smallest absolute Gasteiger partial charge is 0.340 e. The number of aromatic nitrogens is 1. The second-order valence-electron chi connectivity index (χ2n) is 6.76.